The Balaban J connectivity index is 1.12. The lowest BCUT2D eigenvalue weighted by atomic mass is 10.1. The molecule has 1 aromatic heterocycles. The van der Waals surface area contributed by atoms with Gasteiger partial charge in [0, 0.05) is 62.4 Å². The number of carbonyl (C=O) groups is 1. The number of benzene rings is 3. The molecule has 0 N–H and O–H groups in total. The highest BCUT2D eigenvalue weighted by Crippen LogP contribution is 2.33. The molecule has 1 amide bonds. The number of rotatable bonds is 8. The van der Waals surface area contributed by atoms with Gasteiger partial charge in [-0.2, -0.15) is 0 Å². The van der Waals surface area contributed by atoms with Crippen molar-refractivity contribution in [3.05, 3.63) is 83.6 Å². The van der Waals surface area contributed by atoms with Crippen LogP contribution in [0.25, 0.3) is 10.9 Å². The highest BCUT2D eigenvalue weighted by molar-refractivity contribution is 5.89. The minimum Gasteiger partial charge on any atom is -0.497 e. The lowest BCUT2D eigenvalue weighted by Crippen LogP contribution is -2.48. The lowest BCUT2D eigenvalue weighted by molar-refractivity contribution is -0.132. The zero-order valence-corrected chi connectivity index (χ0v) is 22.4. The van der Waals surface area contributed by atoms with Crippen LogP contribution in [0.4, 0.5) is 0 Å². The molecule has 0 unspecified atom stereocenters. The molecule has 6 rings (SSSR count). The quantitative estimate of drug-likeness (QED) is 0.340. The van der Waals surface area contributed by atoms with E-state index in [1.54, 1.807) is 14.2 Å². The zero-order chi connectivity index (χ0) is 26.8. The largest absolute Gasteiger partial charge is 0.497 e. The average molecular weight is 528 g/mol. The van der Waals surface area contributed by atoms with Gasteiger partial charge in [0.15, 0.2) is 11.5 Å². The van der Waals surface area contributed by atoms with E-state index in [0.717, 1.165) is 77.8 Å². The fraction of sp³-hybridized carbons (Fsp3) is 0.323. The molecule has 3 heterocycles. The van der Waals surface area contributed by atoms with Gasteiger partial charge >= 0.3 is 0 Å². The summed E-state index contributed by atoms with van der Waals surface area (Å²) in [6.07, 6.45) is 2.50. The summed E-state index contributed by atoms with van der Waals surface area (Å²) < 4.78 is 24.0. The van der Waals surface area contributed by atoms with Crippen LogP contribution in [0.5, 0.6) is 23.0 Å². The Hall–Kier alpha value is -4.17. The molecular formula is C31H33N3O5. The number of ether oxygens (including phenoxy) is 4. The molecule has 8 nitrogen and oxygen atoms in total. The van der Waals surface area contributed by atoms with E-state index in [1.807, 2.05) is 41.3 Å². The van der Waals surface area contributed by atoms with E-state index in [4.69, 9.17) is 18.9 Å². The number of hydrogen-bond acceptors (Lipinski definition) is 6. The van der Waals surface area contributed by atoms with Crippen molar-refractivity contribution in [3.63, 3.8) is 0 Å². The van der Waals surface area contributed by atoms with Gasteiger partial charge in [0.25, 0.3) is 0 Å². The van der Waals surface area contributed by atoms with Crippen LogP contribution >= 0.6 is 0 Å². The van der Waals surface area contributed by atoms with Crippen LogP contribution in [0.1, 0.15) is 16.7 Å². The summed E-state index contributed by atoms with van der Waals surface area (Å²) in [5.41, 5.74) is 4.42. The second-order valence-corrected chi connectivity index (χ2v) is 10.0. The van der Waals surface area contributed by atoms with Crippen LogP contribution in [-0.2, 0) is 24.3 Å². The van der Waals surface area contributed by atoms with Gasteiger partial charge < -0.3 is 28.4 Å². The fourth-order valence-electron chi connectivity index (χ4n) is 5.48. The summed E-state index contributed by atoms with van der Waals surface area (Å²) in [6, 6.07) is 20.3. The number of para-hydroxylation sites is 1. The zero-order valence-electron chi connectivity index (χ0n) is 22.4. The highest BCUT2D eigenvalue weighted by Gasteiger charge is 2.23. The molecule has 4 aromatic rings. The first-order valence-corrected chi connectivity index (χ1v) is 13.3. The molecule has 1 fully saturated rings. The topological polar surface area (TPSA) is 65.4 Å². The molecular weight excluding hydrogens is 494 g/mol. The summed E-state index contributed by atoms with van der Waals surface area (Å²) in [5.74, 6) is 3.30. The molecule has 2 aliphatic rings. The molecule has 3 aromatic carbocycles. The van der Waals surface area contributed by atoms with Gasteiger partial charge in [-0.25, -0.2) is 0 Å². The molecule has 0 radical (unpaired) electrons. The van der Waals surface area contributed by atoms with Crippen molar-refractivity contribution in [2.24, 2.45) is 0 Å². The van der Waals surface area contributed by atoms with Crippen LogP contribution in [0.2, 0.25) is 0 Å². The summed E-state index contributed by atoms with van der Waals surface area (Å²) >= 11 is 0. The normalized spacial score (nSPS) is 15.1. The maximum Gasteiger partial charge on any atom is 0.231 e. The summed E-state index contributed by atoms with van der Waals surface area (Å²) in [5, 5.41) is 1.11. The van der Waals surface area contributed by atoms with Crippen LogP contribution in [0.15, 0.2) is 66.9 Å². The van der Waals surface area contributed by atoms with Crippen molar-refractivity contribution in [3.8, 4) is 23.0 Å². The molecule has 0 aliphatic carbocycles. The number of amides is 1. The van der Waals surface area contributed by atoms with Gasteiger partial charge in [-0.1, -0.05) is 24.3 Å². The second-order valence-electron chi connectivity index (χ2n) is 10.0. The van der Waals surface area contributed by atoms with Crippen LogP contribution in [0.3, 0.4) is 0 Å². The predicted octanol–water partition coefficient (Wildman–Crippen LogP) is 4.32. The summed E-state index contributed by atoms with van der Waals surface area (Å²) in [7, 11) is 3.31. The number of piperazine rings is 1. The number of aromatic nitrogens is 1. The standard InChI is InChI=1S/C31H33N3O5/c1-36-25-13-23(14-26(17-25)37-2)19-34-20-24(27-5-3-4-6-28(27)34)16-31(35)33-11-9-32(10-12-33)18-22-7-8-29-30(15-22)39-21-38-29/h3-8,13-15,17,20H,9-12,16,18-19,21H2,1-2H3. The van der Waals surface area contributed by atoms with E-state index in [2.05, 4.69) is 39.9 Å². The van der Waals surface area contributed by atoms with Crippen molar-refractivity contribution < 1.29 is 23.7 Å². The third-order valence-electron chi connectivity index (χ3n) is 7.55. The molecule has 0 saturated carbocycles. The van der Waals surface area contributed by atoms with Gasteiger partial charge in [0.2, 0.25) is 12.7 Å². The number of nitrogens with zero attached hydrogens (tertiary/aromatic N) is 3. The second kappa shape index (κ2) is 10.9. The lowest BCUT2D eigenvalue weighted by Gasteiger charge is -2.34. The number of carbonyl (C=O) groups excluding carboxylic acids is 1. The third-order valence-corrected chi connectivity index (χ3v) is 7.55. The fourth-order valence-corrected chi connectivity index (χ4v) is 5.48. The van der Waals surface area contributed by atoms with Crippen molar-refractivity contribution in [2.45, 2.75) is 19.5 Å². The Morgan fingerprint density at radius 3 is 2.33 bits per heavy atom. The number of methoxy groups -OCH3 is 2. The van der Waals surface area contributed by atoms with Crippen molar-refractivity contribution in [1.29, 1.82) is 0 Å². The molecule has 8 heteroatoms. The van der Waals surface area contributed by atoms with Crippen molar-refractivity contribution in [2.75, 3.05) is 47.2 Å². The predicted molar refractivity (Wildman–Crippen MR) is 149 cm³/mol. The molecule has 0 spiro atoms. The maximum atomic E-state index is 13.4. The van der Waals surface area contributed by atoms with Gasteiger partial charge in [-0.15, -0.1) is 0 Å². The first-order valence-electron chi connectivity index (χ1n) is 13.3. The van der Waals surface area contributed by atoms with E-state index in [1.165, 1.54) is 5.56 Å². The Morgan fingerprint density at radius 2 is 1.56 bits per heavy atom. The first kappa shape index (κ1) is 25.1. The van der Waals surface area contributed by atoms with Gasteiger partial charge in [-0.3, -0.25) is 9.69 Å². The van der Waals surface area contributed by atoms with Crippen molar-refractivity contribution in [1.82, 2.24) is 14.4 Å². The molecule has 0 bridgehead atoms. The highest BCUT2D eigenvalue weighted by atomic mass is 16.7. The van der Waals surface area contributed by atoms with E-state index < -0.39 is 0 Å². The van der Waals surface area contributed by atoms with E-state index >= 15 is 0 Å². The van der Waals surface area contributed by atoms with E-state index in [9.17, 15) is 4.79 Å². The van der Waals surface area contributed by atoms with Crippen molar-refractivity contribution >= 4 is 16.8 Å². The maximum absolute atomic E-state index is 13.4. The van der Waals surface area contributed by atoms with Gasteiger partial charge in [0.1, 0.15) is 11.5 Å². The first-order chi connectivity index (χ1) is 19.1. The Kier molecular flexibility index (Phi) is 7.02. The molecule has 202 valence electrons. The monoisotopic (exact) mass is 527 g/mol. The Morgan fingerprint density at radius 1 is 0.821 bits per heavy atom. The minimum absolute atomic E-state index is 0.170. The smallest absolute Gasteiger partial charge is 0.231 e. The van der Waals surface area contributed by atoms with Crippen LogP contribution in [-0.4, -0.2) is 67.5 Å². The SMILES string of the molecule is COc1cc(Cn2cc(CC(=O)N3CCN(Cc4ccc5c(c4)OCO5)CC3)c3ccccc32)cc(OC)c1. The Labute approximate surface area is 228 Å². The summed E-state index contributed by atoms with van der Waals surface area (Å²) in [4.78, 5) is 17.8. The van der Waals surface area contributed by atoms with Crippen LogP contribution in [0, 0.1) is 0 Å². The number of hydrogen-bond donors (Lipinski definition) is 0. The number of fused-ring (bicyclic) bond motifs is 2. The third kappa shape index (κ3) is 5.38. The van der Waals surface area contributed by atoms with Crippen LogP contribution < -0.4 is 18.9 Å². The summed E-state index contributed by atoms with van der Waals surface area (Å²) in [6.45, 7) is 4.92. The van der Waals surface area contributed by atoms with E-state index in [0.29, 0.717) is 13.0 Å². The van der Waals surface area contributed by atoms with Gasteiger partial charge in [0.05, 0.1) is 20.6 Å². The average Bonchev–Trinajstić information content (AvgIpc) is 3.57. The van der Waals surface area contributed by atoms with Gasteiger partial charge in [-0.05, 0) is 47.0 Å². The minimum atomic E-state index is 0.170. The molecule has 0 atom stereocenters. The molecule has 1 saturated heterocycles. The van der Waals surface area contributed by atoms with E-state index in [-0.39, 0.29) is 12.7 Å². The molecule has 39 heavy (non-hydrogen) atoms. The Bertz CT molecular complexity index is 1470. The molecule has 2 aliphatic heterocycles.